The molecule has 3 aromatic rings. The molecule has 0 saturated heterocycles. The predicted molar refractivity (Wildman–Crippen MR) is 82.9 cm³/mol. The molecule has 0 spiro atoms. The van der Waals surface area contributed by atoms with Crippen LogP contribution in [0.1, 0.15) is 10.4 Å². The van der Waals surface area contributed by atoms with Crippen molar-refractivity contribution in [2.75, 3.05) is 0 Å². The second kappa shape index (κ2) is 5.54. The van der Waals surface area contributed by atoms with Crippen LogP contribution in [0.15, 0.2) is 59.2 Å². The van der Waals surface area contributed by atoms with E-state index in [0.717, 1.165) is 10.8 Å². The Hall–Kier alpha value is -2.40. The Bertz CT molecular complexity index is 833. The van der Waals surface area contributed by atoms with Crippen molar-refractivity contribution in [2.45, 2.75) is 0 Å². The van der Waals surface area contributed by atoms with E-state index in [1.807, 2.05) is 36.4 Å². The van der Waals surface area contributed by atoms with Gasteiger partial charge in [0.2, 0.25) is 5.88 Å². The highest BCUT2D eigenvalue weighted by molar-refractivity contribution is 9.10. The molecule has 5 heteroatoms. The number of carboxylic acids is 1. The monoisotopic (exact) mass is 343 g/mol. The summed E-state index contributed by atoms with van der Waals surface area (Å²) in [4.78, 5) is 15.3. The van der Waals surface area contributed by atoms with E-state index in [-0.39, 0.29) is 11.4 Å². The lowest BCUT2D eigenvalue weighted by Gasteiger charge is -2.08. The molecule has 0 fully saturated rings. The van der Waals surface area contributed by atoms with Crippen LogP contribution in [-0.2, 0) is 0 Å². The zero-order chi connectivity index (χ0) is 14.8. The Kier molecular flexibility index (Phi) is 3.58. The molecule has 0 atom stereocenters. The fraction of sp³-hybridized carbons (Fsp3) is 0. The number of hydrogen-bond donors (Lipinski definition) is 1. The first kappa shape index (κ1) is 13.6. The fourth-order valence-electron chi connectivity index (χ4n) is 2.00. The van der Waals surface area contributed by atoms with Crippen molar-refractivity contribution in [1.82, 2.24) is 4.98 Å². The molecule has 0 amide bonds. The van der Waals surface area contributed by atoms with Crippen molar-refractivity contribution in [3.05, 3.63) is 64.8 Å². The second-order valence-electron chi connectivity index (χ2n) is 4.42. The number of carbonyl (C=O) groups is 1. The van der Waals surface area contributed by atoms with Gasteiger partial charge in [-0.15, -0.1) is 0 Å². The van der Waals surface area contributed by atoms with Gasteiger partial charge in [0.25, 0.3) is 0 Å². The number of pyridine rings is 1. The zero-order valence-electron chi connectivity index (χ0n) is 10.8. The van der Waals surface area contributed by atoms with Gasteiger partial charge in [-0.25, -0.2) is 9.78 Å². The molecule has 104 valence electrons. The molecule has 0 unspecified atom stereocenters. The van der Waals surface area contributed by atoms with E-state index in [1.54, 1.807) is 6.07 Å². The number of fused-ring (bicyclic) bond motifs is 1. The molecule has 0 saturated carbocycles. The maximum atomic E-state index is 11.2. The number of aromatic carboxylic acids is 1. The van der Waals surface area contributed by atoms with Crippen LogP contribution in [0, 0.1) is 0 Å². The lowest BCUT2D eigenvalue weighted by Crippen LogP contribution is -2.02. The third-order valence-electron chi connectivity index (χ3n) is 2.98. The summed E-state index contributed by atoms with van der Waals surface area (Å²) in [7, 11) is 0. The Morgan fingerprint density at radius 1 is 1.10 bits per heavy atom. The third kappa shape index (κ3) is 2.87. The molecule has 4 nitrogen and oxygen atoms in total. The van der Waals surface area contributed by atoms with Crippen LogP contribution in [0.4, 0.5) is 0 Å². The molecule has 0 aliphatic heterocycles. The highest BCUT2D eigenvalue weighted by Crippen LogP contribution is 2.28. The van der Waals surface area contributed by atoms with Crippen molar-refractivity contribution in [3.8, 4) is 11.6 Å². The molecule has 2 aromatic carbocycles. The van der Waals surface area contributed by atoms with Gasteiger partial charge < -0.3 is 9.84 Å². The Morgan fingerprint density at radius 2 is 1.86 bits per heavy atom. The molecule has 21 heavy (non-hydrogen) atoms. The minimum atomic E-state index is -1.08. The van der Waals surface area contributed by atoms with Crippen molar-refractivity contribution >= 4 is 32.7 Å². The largest absolute Gasteiger partial charge is 0.477 e. The average molecular weight is 344 g/mol. The number of nitrogens with zero attached hydrogens (tertiary/aromatic N) is 1. The summed E-state index contributed by atoms with van der Waals surface area (Å²) >= 11 is 3.20. The van der Waals surface area contributed by atoms with Gasteiger partial charge in [0.1, 0.15) is 11.3 Å². The SMILES string of the molecule is O=C(O)c1cc(Br)cnc1Oc1ccc2ccccc2c1. The first-order valence-corrected chi connectivity index (χ1v) is 6.98. The molecule has 0 bridgehead atoms. The molecule has 1 aromatic heterocycles. The van der Waals surface area contributed by atoms with Gasteiger partial charge in [0, 0.05) is 10.7 Å². The topological polar surface area (TPSA) is 59.4 Å². The highest BCUT2D eigenvalue weighted by atomic mass is 79.9. The molecule has 0 radical (unpaired) electrons. The lowest BCUT2D eigenvalue weighted by atomic mass is 10.1. The van der Waals surface area contributed by atoms with Crippen molar-refractivity contribution in [3.63, 3.8) is 0 Å². The average Bonchev–Trinajstić information content (AvgIpc) is 2.49. The summed E-state index contributed by atoms with van der Waals surface area (Å²) < 4.78 is 6.21. The van der Waals surface area contributed by atoms with Crippen molar-refractivity contribution in [2.24, 2.45) is 0 Å². The summed E-state index contributed by atoms with van der Waals surface area (Å²) in [6.07, 6.45) is 1.50. The Balaban J connectivity index is 2.00. The van der Waals surface area contributed by atoms with Crippen LogP contribution < -0.4 is 4.74 Å². The number of benzene rings is 2. The van der Waals surface area contributed by atoms with E-state index in [9.17, 15) is 9.90 Å². The molecule has 0 aliphatic carbocycles. The minimum Gasteiger partial charge on any atom is -0.477 e. The van der Waals surface area contributed by atoms with Crippen LogP contribution in [0.2, 0.25) is 0 Å². The molecular weight excluding hydrogens is 334 g/mol. The molecule has 1 N–H and O–H groups in total. The van der Waals surface area contributed by atoms with Gasteiger partial charge in [-0.2, -0.15) is 0 Å². The summed E-state index contributed by atoms with van der Waals surface area (Å²) in [6.45, 7) is 0. The van der Waals surface area contributed by atoms with Gasteiger partial charge in [-0.3, -0.25) is 0 Å². The zero-order valence-corrected chi connectivity index (χ0v) is 12.4. The van der Waals surface area contributed by atoms with Gasteiger partial charge >= 0.3 is 5.97 Å². The van der Waals surface area contributed by atoms with E-state index in [1.165, 1.54) is 12.3 Å². The van der Waals surface area contributed by atoms with Crippen LogP contribution >= 0.6 is 15.9 Å². The molecular formula is C16H10BrNO3. The van der Waals surface area contributed by atoms with E-state index in [4.69, 9.17) is 4.74 Å². The lowest BCUT2D eigenvalue weighted by molar-refractivity contribution is 0.0693. The van der Waals surface area contributed by atoms with Crippen LogP contribution in [0.25, 0.3) is 10.8 Å². The van der Waals surface area contributed by atoms with Gasteiger partial charge in [-0.1, -0.05) is 30.3 Å². The Morgan fingerprint density at radius 3 is 2.62 bits per heavy atom. The highest BCUT2D eigenvalue weighted by Gasteiger charge is 2.14. The number of hydrogen-bond acceptors (Lipinski definition) is 3. The molecule has 1 heterocycles. The smallest absolute Gasteiger partial charge is 0.341 e. The molecule has 3 rings (SSSR count). The summed E-state index contributed by atoms with van der Waals surface area (Å²) in [5.41, 5.74) is 0.0116. The van der Waals surface area contributed by atoms with Crippen LogP contribution in [0.5, 0.6) is 11.6 Å². The minimum absolute atomic E-state index is 0.0116. The number of rotatable bonds is 3. The first-order valence-electron chi connectivity index (χ1n) is 6.19. The fourth-order valence-corrected chi connectivity index (χ4v) is 2.34. The quantitative estimate of drug-likeness (QED) is 0.761. The van der Waals surface area contributed by atoms with Crippen molar-refractivity contribution < 1.29 is 14.6 Å². The second-order valence-corrected chi connectivity index (χ2v) is 5.34. The van der Waals surface area contributed by atoms with E-state index >= 15 is 0 Å². The number of aromatic nitrogens is 1. The van der Waals surface area contributed by atoms with Crippen LogP contribution in [-0.4, -0.2) is 16.1 Å². The van der Waals surface area contributed by atoms with Gasteiger partial charge in [0.05, 0.1) is 0 Å². The van der Waals surface area contributed by atoms with Gasteiger partial charge in [0.15, 0.2) is 0 Å². The maximum absolute atomic E-state index is 11.2. The van der Waals surface area contributed by atoms with Crippen LogP contribution in [0.3, 0.4) is 0 Å². The number of carboxylic acid groups (broad SMARTS) is 1. The maximum Gasteiger partial charge on any atom is 0.341 e. The molecule has 0 aliphatic rings. The summed E-state index contributed by atoms with van der Waals surface area (Å²) in [5, 5.41) is 11.3. The van der Waals surface area contributed by atoms with E-state index in [0.29, 0.717) is 10.2 Å². The first-order chi connectivity index (χ1) is 10.1. The standard InChI is InChI=1S/C16H10BrNO3/c17-12-8-14(16(19)20)15(18-9-12)21-13-6-5-10-3-1-2-4-11(10)7-13/h1-9H,(H,19,20). The van der Waals surface area contributed by atoms with E-state index < -0.39 is 5.97 Å². The third-order valence-corrected chi connectivity index (χ3v) is 3.42. The number of halogens is 1. The van der Waals surface area contributed by atoms with Crippen molar-refractivity contribution in [1.29, 1.82) is 0 Å². The summed E-state index contributed by atoms with van der Waals surface area (Å²) in [6, 6.07) is 14.9. The predicted octanol–water partition coefficient (Wildman–Crippen LogP) is 4.49. The number of ether oxygens (including phenoxy) is 1. The Labute approximate surface area is 129 Å². The normalized spacial score (nSPS) is 10.5. The summed E-state index contributed by atoms with van der Waals surface area (Å²) in [5.74, 6) is -0.466. The van der Waals surface area contributed by atoms with E-state index in [2.05, 4.69) is 20.9 Å². The van der Waals surface area contributed by atoms with Gasteiger partial charge in [-0.05, 0) is 44.9 Å².